The first kappa shape index (κ1) is 17.1. The van der Waals surface area contributed by atoms with Crippen molar-refractivity contribution in [1.29, 1.82) is 5.41 Å². The molecule has 1 aliphatic heterocycles. The monoisotopic (exact) mass is 354 g/mol. The Morgan fingerprint density at radius 1 is 0.962 bits per heavy atom. The Balaban J connectivity index is 1.61. The fraction of sp³-hybridized carbons (Fsp3) is 0.450. The van der Waals surface area contributed by atoms with Crippen LogP contribution in [0.25, 0.3) is 11.0 Å². The summed E-state index contributed by atoms with van der Waals surface area (Å²) in [6, 6.07) is 11.6. The molecule has 0 amide bonds. The van der Waals surface area contributed by atoms with Gasteiger partial charge in [0.1, 0.15) is 11.9 Å². The molecule has 0 spiro atoms. The van der Waals surface area contributed by atoms with Gasteiger partial charge in [0.05, 0.1) is 23.8 Å². The second-order valence-electron chi connectivity index (χ2n) is 7.01. The van der Waals surface area contributed by atoms with Crippen LogP contribution in [0.4, 0.5) is 0 Å². The maximum absolute atomic E-state index is 10.5. The number of para-hydroxylation sites is 2. The smallest absolute Gasteiger partial charge is 0.203 e. The van der Waals surface area contributed by atoms with Crippen LogP contribution in [-0.4, -0.2) is 38.8 Å². The molecule has 1 atom stereocenters. The highest BCUT2D eigenvalue weighted by Crippen LogP contribution is 2.19. The standard InChI is InChI=1S/C20H26N4O2/c21-20-23(13-12-22-10-4-1-5-11-22)16-7-2-3-8-17(16)24(20)15-18(25)19-9-6-14-26-19/h2-3,6-9,14,18,21,25H,1,4-5,10-13,15H2/t18-/m0/s1. The number of nitrogens with one attached hydrogen (secondary N) is 1. The first-order valence-corrected chi connectivity index (χ1v) is 9.40. The van der Waals surface area contributed by atoms with Crippen molar-refractivity contribution in [3.63, 3.8) is 0 Å². The van der Waals surface area contributed by atoms with E-state index in [-0.39, 0.29) is 0 Å². The van der Waals surface area contributed by atoms with Crippen LogP contribution in [0.5, 0.6) is 0 Å². The molecule has 0 unspecified atom stereocenters. The van der Waals surface area contributed by atoms with Crippen LogP contribution >= 0.6 is 0 Å². The Kier molecular flexibility index (Phi) is 4.95. The average Bonchev–Trinajstić information content (AvgIpc) is 3.29. The second kappa shape index (κ2) is 7.51. The minimum atomic E-state index is -0.763. The lowest BCUT2D eigenvalue weighted by molar-refractivity contribution is 0.129. The molecule has 1 fully saturated rings. The molecular weight excluding hydrogens is 328 g/mol. The van der Waals surface area contributed by atoms with Gasteiger partial charge < -0.3 is 23.6 Å². The molecule has 3 heterocycles. The number of rotatable bonds is 6. The Labute approximate surface area is 152 Å². The molecule has 0 aliphatic carbocycles. The van der Waals surface area contributed by atoms with E-state index in [0.717, 1.165) is 37.2 Å². The number of piperidine rings is 1. The lowest BCUT2D eigenvalue weighted by Gasteiger charge is -2.26. The van der Waals surface area contributed by atoms with E-state index in [9.17, 15) is 5.11 Å². The van der Waals surface area contributed by atoms with Gasteiger partial charge in [-0.1, -0.05) is 18.6 Å². The zero-order chi connectivity index (χ0) is 17.9. The van der Waals surface area contributed by atoms with Gasteiger partial charge in [0.2, 0.25) is 5.62 Å². The summed E-state index contributed by atoms with van der Waals surface area (Å²) < 4.78 is 9.24. The third-order valence-electron chi connectivity index (χ3n) is 5.29. The van der Waals surface area contributed by atoms with Crippen LogP contribution in [0.2, 0.25) is 0 Å². The molecule has 26 heavy (non-hydrogen) atoms. The second-order valence-corrected chi connectivity index (χ2v) is 7.01. The summed E-state index contributed by atoms with van der Waals surface area (Å²) in [5.41, 5.74) is 2.44. The first-order chi connectivity index (χ1) is 12.7. The predicted molar refractivity (Wildman–Crippen MR) is 99.7 cm³/mol. The lowest BCUT2D eigenvalue weighted by Crippen LogP contribution is -2.35. The highest BCUT2D eigenvalue weighted by Gasteiger charge is 2.17. The van der Waals surface area contributed by atoms with Crippen LogP contribution in [0, 0.1) is 5.41 Å². The van der Waals surface area contributed by atoms with Crippen molar-refractivity contribution in [3.05, 3.63) is 54.0 Å². The van der Waals surface area contributed by atoms with Gasteiger partial charge in [-0.3, -0.25) is 5.41 Å². The average molecular weight is 354 g/mol. The van der Waals surface area contributed by atoms with Crippen LogP contribution < -0.4 is 5.62 Å². The molecule has 4 rings (SSSR count). The molecule has 2 N–H and O–H groups in total. The van der Waals surface area contributed by atoms with Crippen LogP contribution in [0.1, 0.15) is 31.1 Å². The van der Waals surface area contributed by atoms with Gasteiger partial charge in [-0.25, -0.2) is 0 Å². The first-order valence-electron chi connectivity index (χ1n) is 9.40. The summed E-state index contributed by atoms with van der Waals surface area (Å²) in [4.78, 5) is 2.49. The third kappa shape index (κ3) is 3.34. The Morgan fingerprint density at radius 2 is 1.69 bits per heavy atom. The van der Waals surface area contributed by atoms with E-state index < -0.39 is 6.10 Å². The minimum Gasteiger partial charge on any atom is -0.467 e. The van der Waals surface area contributed by atoms with Gasteiger partial charge in [0, 0.05) is 13.1 Å². The largest absolute Gasteiger partial charge is 0.467 e. The van der Waals surface area contributed by atoms with Gasteiger partial charge >= 0.3 is 0 Å². The number of benzene rings is 1. The molecule has 1 aromatic carbocycles. The summed E-state index contributed by atoms with van der Waals surface area (Å²) in [5.74, 6) is 0.530. The maximum atomic E-state index is 10.5. The third-order valence-corrected chi connectivity index (χ3v) is 5.29. The number of fused-ring (bicyclic) bond motifs is 1. The highest BCUT2D eigenvalue weighted by atomic mass is 16.4. The molecule has 0 bridgehead atoms. The number of hydrogen-bond donors (Lipinski definition) is 2. The van der Waals surface area contributed by atoms with Crippen LogP contribution in [-0.2, 0) is 13.1 Å². The van der Waals surface area contributed by atoms with Crippen molar-refractivity contribution < 1.29 is 9.52 Å². The highest BCUT2D eigenvalue weighted by molar-refractivity contribution is 5.75. The quantitative estimate of drug-likeness (QED) is 0.715. The number of aliphatic hydroxyl groups excluding tert-OH is 1. The van der Waals surface area contributed by atoms with Crippen molar-refractivity contribution in [2.75, 3.05) is 19.6 Å². The van der Waals surface area contributed by atoms with Crippen molar-refractivity contribution in [2.24, 2.45) is 0 Å². The van der Waals surface area contributed by atoms with E-state index in [1.807, 2.05) is 22.8 Å². The van der Waals surface area contributed by atoms with Gasteiger partial charge in [-0.05, 0) is 50.2 Å². The Morgan fingerprint density at radius 3 is 2.38 bits per heavy atom. The number of nitrogens with zero attached hydrogens (tertiary/aromatic N) is 3. The summed E-state index contributed by atoms with van der Waals surface area (Å²) in [5, 5.41) is 19.2. The maximum Gasteiger partial charge on any atom is 0.203 e. The van der Waals surface area contributed by atoms with E-state index in [1.54, 1.807) is 18.4 Å². The molecule has 2 aromatic heterocycles. The molecule has 0 saturated carbocycles. The molecule has 138 valence electrons. The number of furan rings is 1. The number of aromatic nitrogens is 2. The topological polar surface area (TPSA) is 70.3 Å². The zero-order valence-corrected chi connectivity index (χ0v) is 15.0. The van der Waals surface area contributed by atoms with Crippen molar-refractivity contribution in [2.45, 2.75) is 38.5 Å². The fourth-order valence-corrected chi connectivity index (χ4v) is 3.87. The van der Waals surface area contributed by atoms with Crippen molar-refractivity contribution >= 4 is 11.0 Å². The molecule has 6 nitrogen and oxygen atoms in total. The van der Waals surface area contributed by atoms with Gasteiger partial charge in [0.25, 0.3) is 0 Å². The molecule has 3 aromatic rings. The van der Waals surface area contributed by atoms with Crippen molar-refractivity contribution in [3.8, 4) is 0 Å². The van der Waals surface area contributed by atoms with E-state index in [1.165, 1.54) is 19.3 Å². The van der Waals surface area contributed by atoms with E-state index in [4.69, 9.17) is 9.83 Å². The molecule has 1 aliphatic rings. The number of hydrogen-bond acceptors (Lipinski definition) is 4. The summed E-state index contributed by atoms with van der Waals surface area (Å²) in [6.07, 6.45) is 4.68. The van der Waals surface area contributed by atoms with Gasteiger partial charge in [-0.2, -0.15) is 0 Å². The van der Waals surface area contributed by atoms with Crippen LogP contribution in [0.3, 0.4) is 0 Å². The van der Waals surface area contributed by atoms with E-state index >= 15 is 0 Å². The number of likely N-dealkylation sites (tertiary alicyclic amines) is 1. The number of aliphatic hydroxyl groups is 1. The van der Waals surface area contributed by atoms with E-state index in [2.05, 4.69) is 15.5 Å². The van der Waals surface area contributed by atoms with E-state index in [0.29, 0.717) is 17.9 Å². The summed E-state index contributed by atoms with van der Waals surface area (Å²) in [6.45, 7) is 4.38. The SMILES string of the molecule is N=c1n(CCN2CCCCC2)c2ccccc2n1C[C@H](O)c1ccco1. The Bertz CT molecular complexity index is 904. The molecular formula is C20H26N4O2. The number of imidazole rings is 1. The van der Waals surface area contributed by atoms with Gasteiger partial charge in [0.15, 0.2) is 0 Å². The van der Waals surface area contributed by atoms with Crippen LogP contribution in [0.15, 0.2) is 47.1 Å². The zero-order valence-electron chi connectivity index (χ0n) is 15.0. The lowest BCUT2D eigenvalue weighted by atomic mass is 10.1. The molecule has 0 radical (unpaired) electrons. The Hall–Kier alpha value is -2.31. The normalized spacial score (nSPS) is 17.0. The predicted octanol–water partition coefficient (Wildman–Crippen LogP) is 2.73. The van der Waals surface area contributed by atoms with Crippen molar-refractivity contribution in [1.82, 2.24) is 14.0 Å². The molecule has 6 heteroatoms. The molecule has 1 saturated heterocycles. The summed E-state index contributed by atoms with van der Waals surface area (Å²) in [7, 11) is 0. The van der Waals surface area contributed by atoms with Gasteiger partial charge in [-0.15, -0.1) is 0 Å². The summed E-state index contributed by atoms with van der Waals surface area (Å²) >= 11 is 0. The minimum absolute atomic E-state index is 0.309. The fourth-order valence-electron chi connectivity index (χ4n) is 3.87.